The highest BCUT2D eigenvalue weighted by molar-refractivity contribution is 5.55. The van der Waals surface area contributed by atoms with Crippen molar-refractivity contribution in [1.82, 2.24) is 0 Å². The Labute approximate surface area is 77.0 Å². The second-order valence-corrected chi connectivity index (χ2v) is 2.64. The Bertz CT molecular complexity index is 348. The molecule has 0 unspecified atom stereocenters. The number of hydrogen-bond acceptors (Lipinski definition) is 2. The van der Waals surface area contributed by atoms with Gasteiger partial charge < -0.3 is 10.8 Å². The molecule has 0 aliphatic carbocycles. The van der Waals surface area contributed by atoms with E-state index in [1.807, 2.05) is 0 Å². The van der Waals surface area contributed by atoms with Crippen LogP contribution in [-0.4, -0.2) is 5.11 Å². The van der Waals surface area contributed by atoms with Gasteiger partial charge in [0, 0.05) is 5.56 Å². The molecule has 0 amide bonds. The first kappa shape index (κ1) is 10.8. The van der Waals surface area contributed by atoms with Crippen molar-refractivity contribution in [2.24, 2.45) is 0 Å². The quantitative estimate of drug-likeness (QED) is 0.548. The topological polar surface area (TPSA) is 46.2 Å². The maximum atomic E-state index is 12.8. The predicted octanol–water partition coefficient (Wildman–Crippen LogP) is 1.92. The van der Waals surface area contributed by atoms with Crippen molar-refractivity contribution < 1.29 is 22.7 Å². The minimum atomic E-state index is -4.64. The van der Waals surface area contributed by atoms with Crippen LogP contribution in [0.3, 0.4) is 0 Å². The first-order valence-electron chi connectivity index (χ1n) is 3.63. The largest absolute Gasteiger partial charge is 0.418 e. The number of rotatable bonds is 1. The van der Waals surface area contributed by atoms with Crippen LogP contribution in [-0.2, 0) is 12.8 Å². The standard InChI is InChI=1S/C8H7F4NO/c9-6-2-1-5(8(10,11)12)7(13)4(6)3-14/h1-2,14H,3,13H2. The number of aliphatic hydroxyl groups is 1. The summed E-state index contributed by atoms with van der Waals surface area (Å²) in [5, 5.41) is 8.60. The van der Waals surface area contributed by atoms with Crippen molar-refractivity contribution in [2.75, 3.05) is 5.73 Å². The number of nitrogens with two attached hydrogens (primary N) is 1. The molecular weight excluding hydrogens is 202 g/mol. The Kier molecular flexibility index (Phi) is 2.66. The van der Waals surface area contributed by atoms with E-state index in [0.29, 0.717) is 12.1 Å². The average Bonchev–Trinajstić information content (AvgIpc) is 2.02. The van der Waals surface area contributed by atoms with Gasteiger partial charge in [-0.1, -0.05) is 0 Å². The van der Waals surface area contributed by atoms with E-state index in [1.165, 1.54) is 0 Å². The van der Waals surface area contributed by atoms with Gasteiger partial charge in [-0.05, 0) is 12.1 Å². The summed E-state index contributed by atoms with van der Waals surface area (Å²) in [6.45, 7) is -0.860. The van der Waals surface area contributed by atoms with Crippen LogP contribution < -0.4 is 5.73 Å². The molecule has 6 heteroatoms. The molecule has 0 aromatic heterocycles. The van der Waals surface area contributed by atoms with Crippen molar-refractivity contribution in [1.29, 1.82) is 0 Å². The maximum Gasteiger partial charge on any atom is 0.418 e. The minimum Gasteiger partial charge on any atom is -0.398 e. The van der Waals surface area contributed by atoms with E-state index in [9.17, 15) is 17.6 Å². The van der Waals surface area contributed by atoms with Gasteiger partial charge in [0.2, 0.25) is 0 Å². The first-order valence-corrected chi connectivity index (χ1v) is 3.63. The van der Waals surface area contributed by atoms with E-state index >= 15 is 0 Å². The zero-order valence-electron chi connectivity index (χ0n) is 6.90. The molecule has 0 aliphatic rings. The fraction of sp³-hybridized carbons (Fsp3) is 0.250. The molecule has 14 heavy (non-hydrogen) atoms. The third kappa shape index (κ3) is 1.79. The predicted molar refractivity (Wildman–Crippen MR) is 41.7 cm³/mol. The van der Waals surface area contributed by atoms with Crippen molar-refractivity contribution in [3.63, 3.8) is 0 Å². The fourth-order valence-corrected chi connectivity index (χ4v) is 1.05. The summed E-state index contributed by atoms with van der Waals surface area (Å²) in [7, 11) is 0. The Hall–Kier alpha value is -1.30. The first-order chi connectivity index (χ1) is 6.38. The van der Waals surface area contributed by atoms with E-state index in [-0.39, 0.29) is 0 Å². The van der Waals surface area contributed by atoms with Crippen LogP contribution in [0.15, 0.2) is 12.1 Å². The third-order valence-corrected chi connectivity index (χ3v) is 1.76. The van der Waals surface area contributed by atoms with Gasteiger partial charge in [0.05, 0.1) is 17.9 Å². The Balaban J connectivity index is 3.36. The monoisotopic (exact) mass is 209 g/mol. The lowest BCUT2D eigenvalue weighted by Crippen LogP contribution is -2.12. The van der Waals surface area contributed by atoms with Gasteiger partial charge >= 0.3 is 6.18 Å². The molecule has 1 aromatic carbocycles. The molecule has 2 nitrogen and oxygen atoms in total. The van der Waals surface area contributed by atoms with Crippen LogP contribution in [0, 0.1) is 5.82 Å². The Morgan fingerprint density at radius 1 is 1.29 bits per heavy atom. The van der Waals surface area contributed by atoms with Crippen LogP contribution in [0.4, 0.5) is 23.2 Å². The minimum absolute atomic E-state index is 0.528. The number of aliphatic hydroxyl groups excluding tert-OH is 1. The molecule has 0 bridgehead atoms. The molecule has 0 aliphatic heterocycles. The highest BCUT2D eigenvalue weighted by atomic mass is 19.4. The molecule has 1 aromatic rings. The van der Waals surface area contributed by atoms with Gasteiger partial charge in [-0.2, -0.15) is 13.2 Å². The van der Waals surface area contributed by atoms with Gasteiger partial charge in [-0.25, -0.2) is 4.39 Å². The van der Waals surface area contributed by atoms with E-state index in [4.69, 9.17) is 10.8 Å². The van der Waals surface area contributed by atoms with Gasteiger partial charge in [0.25, 0.3) is 0 Å². The molecule has 1 rings (SSSR count). The van der Waals surface area contributed by atoms with E-state index < -0.39 is 35.4 Å². The van der Waals surface area contributed by atoms with E-state index in [1.54, 1.807) is 0 Å². The number of alkyl halides is 3. The Morgan fingerprint density at radius 2 is 1.86 bits per heavy atom. The highest BCUT2D eigenvalue weighted by Gasteiger charge is 2.34. The lowest BCUT2D eigenvalue weighted by molar-refractivity contribution is -0.137. The Morgan fingerprint density at radius 3 is 2.29 bits per heavy atom. The van der Waals surface area contributed by atoms with Crippen LogP contribution in [0.1, 0.15) is 11.1 Å². The summed E-state index contributed by atoms with van der Waals surface area (Å²) < 4.78 is 49.4. The summed E-state index contributed by atoms with van der Waals surface area (Å²) in [6.07, 6.45) is -4.64. The summed E-state index contributed by atoms with van der Waals surface area (Å²) in [6, 6.07) is 1.18. The van der Waals surface area contributed by atoms with Crippen molar-refractivity contribution in [2.45, 2.75) is 12.8 Å². The van der Waals surface area contributed by atoms with E-state index in [0.717, 1.165) is 0 Å². The van der Waals surface area contributed by atoms with Crippen LogP contribution in [0.25, 0.3) is 0 Å². The molecule has 0 saturated heterocycles. The summed E-state index contributed by atoms with van der Waals surface area (Å²) >= 11 is 0. The van der Waals surface area contributed by atoms with Crippen LogP contribution in [0.5, 0.6) is 0 Å². The van der Waals surface area contributed by atoms with Crippen LogP contribution in [0.2, 0.25) is 0 Å². The fourth-order valence-electron chi connectivity index (χ4n) is 1.05. The van der Waals surface area contributed by atoms with Gasteiger partial charge in [0.1, 0.15) is 5.82 Å². The number of benzene rings is 1. The molecule has 0 saturated carbocycles. The van der Waals surface area contributed by atoms with Crippen LogP contribution >= 0.6 is 0 Å². The van der Waals surface area contributed by atoms with E-state index in [2.05, 4.69) is 0 Å². The SMILES string of the molecule is Nc1c(C(F)(F)F)ccc(F)c1CO. The van der Waals surface area contributed by atoms with Crippen molar-refractivity contribution >= 4 is 5.69 Å². The van der Waals surface area contributed by atoms with Crippen molar-refractivity contribution in [3.8, 4) is 0 Å². The summed E-state index contributed by atoms with van der Waals surface area (Å²) in [4.78, 5) is 0. The van der Waals surface area contributed by atoms with Gasteiger partial charge in [-0.15, -0.1) is 0 Å². The zero-order chi connectivity index (χ0) is 10.9. The third-order valence-electron chi connectivity index (χ3n) is 1.76. The normalized spacial score (nSPS) is 11.8. The summed E-state index contributed by atoms with van der Waals surface area (Å²) in [5.74, 6) is -0.946. The summed E-state index contributed by atoms with van der Waals surface area (Å²) in [5.41, 5.74) is 2.63. The number of halogens is 4. The molecule has 0 radical (unpaired) electrons. The van der Waals surface area contributed by atoms with Gasteiger partial charge in [-0.3, -0.25) is 0 Å². The maximum absolute atomic E-state index is 12.8. The van der Waals surface area contributed by atoms with Crippen molar-refractivity contribution in [3.05, 3.63) is 29.1 Å². The molecule has 0 atom stereocenters. The second kappa shape index (κ2) is 3.45. The lowest BCUT2D eigenvalue weighted by Gasteiger charge is -2.12. The second-order valence-electron chi connectivity index (χ2n) is 2.64. The molecule has 3 N–H and O–H groups in total. The highest BCUT2D eigenvalue weighted by Crippen LogP contribution is 2.35. The molecular formula is C8H7F4NO. The zero-order valence-corrected chi connectivity index (χ0v) is 6.90. The smallest absolute Gasteiger partial charge is 0.398 e. The number of nitrogen functional groups attached to an aromatic ring is 1. The molecule has 0 spiro atoms. The van der Waals surface area contributed by atoms with Gasteiger partial charge in [0.15, 0.2) is 0 Å². The average molecular weight is 209 g/mol. The number of anilines is 1. The molecule has 78 valence electrons. The molecule has 0 heterocycles. The molecule has 0 fully saturated rings. The lowest BCUT2D eigenvalue weighted by atomic mass is 10.1. The number of hydrogen-bond donors (Lipinski definition) is 2.